The number of nitrogens with zero attached hydrogens (tertiary/aromatic N) is 1. The highest BCUT2D eigenvalue weighted by Gasteiger charge is 2.28. The highest BCUT2D eigenvalue weighted by atomic mass is 16.5. The van der Waals surface area contributed by atoms with Gasteiger partial charge in [-0.3, -0.25) is 4.79 Å². The number of methoxy groups -OCH3 is 1. The van der Waals surface area contributed by atoms with E-state index in [0.29, 0.717) is 17.4 Å². The Labute approximate surface area is 127 Å². The molecule has 2 rings (SSSR count). The van der Waals surface area contributed by atoms with E-state index >= 15 is 0 Å². The predicted octanol–water partition coefficient (Wildman–Crippen LogP) is 2.61. The molecule has 1 aliphatic heterocycles. The van der Waals surface area contributed by atoms with E-state index < -0.39 is 0 Å². The Morgan fingerprint density at radius 1 is 1.43 bits per heavy atom. The minimum atomic E-state index is 0.108. The molecule has 1 N–H and O–H groups in total. The Morgan fingerprint density at radius 2 is 2.24 bits per heavy atom. The third-order valence-electron chi connectivity index (χ3n) is 4.20. The van der Waals surface area contributed by atoms with E-state index in [2.05, 4.69) is 5.32 Å². The predicted molar refractivity (Wildman–Crippen MR) is 85.0 cm³/mol. The Kier molecular flexibility index (Phi) is 5.62. The second-order valence-electron chi connectivity index (χ2n) is 5.74. The zero-order valence-electron chi connectivity index (χ0n) is 13.3. The van der Waals surface area contributed by atoms with Gasteiger partial charge in [0.25, 0.3) is 5.91 Å². The van der Waals surface area contributed by atoms with Crippen molar-refractivity contribution in [3.8, 4) is 5.75 Å². The molecule has 0 spiro atoms. The molecule has 1 aromatic carbocycles. The van der Waals surface area contributed by atoms with Gasteiger partial charge in [-0.1, -0.05) is 11.6 Å². The fourth-order valence-corrected chi connectivity index (χ4v) is 3.02. The molecular formula is C17H26N2O2. The number of rotatable bonds is 5. The number of likely N-dealkylation sites (tertiary alicyclic amines) is 1. The van der Waals surface area contributed by atoms with Crippen LogP contribution in [-0.4, -0.2) is 44.1 Å². The lowest BCUT2D eigenvalue weighted by molar-refractivity contribution is 0.0599. The number of piperidine rings is 1. The Bertz CT molecular complexity index is 488. The van der Waals surface area contributed by atoms with E-state index in [9.17, 15) is 4.79 Å². The van der Waals surface area contributed by atoms with E-state index in [0.717, 1.165) is 37.9 Å². The van der Waals surface area contributed by atoms with Crippen molar-refractivity contribution in [3.63, 3.8) is 0 Å². The number of ether oxygens (including phenoxy) is 1. The van der Waals surface area contributed by atoms with E-state index in [1.54, 1.807) is 7.11 Å². The van der Waals surface area contributed by atoms with Gasteiger partial charge in [0, 0.05) is 12.6 Å². The lowest BCUT2D eigenvalue weighted by atomic mass is 9.97. The fourth-order valence-electron chi connectivity index (χ4n) is 3.02. The summed E-state index contributed by atoms with van der Waals surface area (Å²) in [7, 11) is 3.58. The van der Waals surface area contributed by atoms with Crippen LogP contribution in [0.25, 0.3) is 0 Å². The van der Waals surface area contributed by atoms with Gasteiger partial charge < -0.3 is 15.0 Å². The SMILES string of the molecule is CNCCC1CCCCN1C(=O)c1cc(C)ccc1OC. The Balaban J connectivity index is 2.22. The van der Waals surface area contributed by atoms with Gasteiger partial charge in [0.05, 0.1) is 12.7 Å². The number of carbonyl (C=O) groups is 1. The molecule has 0 bridgehead atoms. The highest BCUT2D eigenvalue weighted by Crippen LogP contribution is 2.26. The molecule has 1 saturated heterocycles. The third kappa shape index (κ3) is 3.76. The van der Waals surface area contributed by atoms with E-state index in [-0.39, 0.29) is 5.91 Å². The monoisotopic (exact) mass is 290 g/mol. The minimum absolute atomic E-state index is 0.108. The maximum atomic E-state index is 12.9. The fraction of sp³-hybridized carbons (Fsp3) is 0.588. The number of nitrogens with one attached hydrogen (secondary N) is 1. The second-order valence-corrected chi connectivity index (χ2v) is 5.74. The zero-order valence-corrected chi connectivity index (χ0v) is 13.3. The van der Waals surface area contributed by atoms with E-state index in [1.165, 1.54) is 6.42 Å². The molecular weight excluding hydrogens is 264 g/mol. The lowest BCUT2D eigenvalue weighted by Crippen LogP contribution is -2.44. The summed E-state index contributed by atoms with van der Waals surface area (Å²) in [5, 5.41) is 3.18. The first-order valence-electron chi connectivity index (χ1n) is 7.77. The van der Waals surface area contributed by atoms with Gasteiger partial charge in [-0.15, -0.1) is 0 Å². The highest BCUT2D eigenvalue weighted by molar-refractivity contribution is 5.97. The normalized spacial score (nSPS) is 18.6. The number of benzene rings is 1. The summed E-state index contributed by atoms with van der Waals surface area (Å²) in [4.78, 5) is 15.0. The van der Waals surface area contributed by atoms with Crippen molar-refractivity contribution in [3.05, 3.63) is 29.3 Å². The Morgan fingerprint density at radius 3 is 2.95 bits per heavy atom. The molecule has 0 saturated carbocycles. The number of hydrogen-bond acceptors (Lipinski definition) is 3. The quantitative estimate of drug-likeness (QED) is 0.906. The molecule has 116 valence electrons. The van der Waals surface area contributed by atoms with Crippen molar-refractivity contribution < 1.29 is 9.53 Å². The van der Waals surface area contributed by atoms with Gasteiger partial charge in [0.15, 0.2) is 0 Å². The van der Waals surface area contributed by atoms with Crippen LogP contribution in [0.2, 0.25) is 0 Å². The van der Waals surface area contributed by atoms with Crippen molar-refractivity contribution in [2.24, 2.45) is 0 Å². The van der Waals surface area contributed by atoms with Gasteiger partial charge in [-0.2, -0.15) is 0 Å². The minimum Gasteiger partial charge on any atom is -0.496 e. The first-order valence-corrected chi connectivity index (χ1v) is 7.77. The molecule has 4 nitrogen and oxygen atoms in total. The van der Waals surface area contributed by atoms with Crippen LogP contribution in [-0.2, 0) is 0 Å². The molecule has 0 aliphatic carbocycles. The van der Waals surface area contributed by atoms with Crippen LogP contribution in [0.4, 0.5) is 0 Å². The summed E-state index contributed by atoms with van der Waals surface area (Å²) in [6, 6.07) is 6.13. The van der Waals surface area contributed by atoms with Crippen molar-refractivity contribution >= 4 is 5.91 Å². The van der Waals surface area contributed by atoms with Crippen LogP contribution in [0.5, 0.6) is 5.75 Å². The number of hydrogen-bond donors (Lipinski definition) is 1. The molecule has 1 unspecified atom stereocenters. The topological polar surface area (TPSA) is 41.6 Å². The zero-order chi connectivity index (χ0) is 15.2. The Hall–Kier alpha value is -1.55. The number of aryl methyl sites for hydroxylation is 1. The van der Waals surface area contributed by atoms with Gasteiger partial charge in [-0.05, 0) is 58.3 Å². The molecule has 1 heterocycles. The van der Waals surface area contributed by atoms with Gasteiger partial charge >= 0.3 is 0 Å². The maximum Gasteiger partial charge on any atom is 0.257 e. The summed E-state index contributed by atoms with van der Waals surface area (Å²) in [6.07, 6.45) is 4.41. The van der Waals surface area contributed by atoms with Crippen molar-refractivity contribution in [2.45, 2.75) is 38.6 Å². The molecule has 1 aliphatic rings. The van der Waals surface area contributed by atoms with Crippen molar-refractivity contribution in [1.29, 1.82) is 0 Å². The van der Waals surface area contributed by atoms with Gasteiger partial charge in [0.1, 0.15) is 5.75 Å². The number of carbonyl (C=O) groups excluding carboxylic acids is 1. The molecule has 4 heteroatoms. The van der Waals surface area contributed by atoms with Crippen LogP contribution < -0.4 is 10.1 Å². The van der Waals surface area contributed by atoms with E-state index in [4.69, 9.17) is 4.74 Å². The maximum absolute atomic E-state index is 12.9. The standard InChI is InChI=1S/C17H26N2O2/c1-13-7-8-16(21-3)15(12-13)17(20)19-11-5-4-6-14(19)9-10-18-2/h7-8,12,14,18H,4-6,9-11H2,1-3H3. The van der Waals surface area contributed by atoms with Crippen LogP contribution in [0.3, 0.4) is 0 Å². The lowest BCUT2D eigenvalue weighted by Gasteiger charge is -2.36. The summed E-state index contributed by atoms with van der Waals surface area (Å²) in [6.45, 7) is 3.80. The van der Waals surface area contributed by atoms with Crippen LogP contribution in [0, 0.1) is 6.92 Å². The average Bonchev–Trinajstić information content (AvgIpc) is 2.52. The van der Waals surface area contributed by atoms with Crippen LogP contribution in [0.1, 0.15) is 41.6 Å². The molecule has 0 radical (unpaired) electrons. The number of amides is 1. The summed E-state index contributed by atoms with van der Waals surface area (Å²) in [5.74, 6) is 0.778. The van der Waals surface area contributed by atoms with Crippen molar-refractivity contribution in [2.75, 3.05) is 27.2 Å². The summed E-state index contributed by atoms with van der Waals surface area (Å²) < 4.78 is 5.37. The van der Waals surface area contributed by atoms with Gasteiger partial charge in [-0.25, -0.2) is 0 Å². The molecule has 1 atom stereocenters. The largest absolute Gasteiger partial charge is 0.496 e. The van der Waals surface area contributed by atoms with Crippen molar-refractivity contribution in [1.82, 2.24) is 10.2 Å². The van der Waals surface area contributed by atoms with E-state index in [1.807, 2.05) is 37.1 Å². The van der Waals surface area contributed by atoms with Gasteiger partial charge in [0.2, 0.25) is 0 Å². The third-order valence-corrected chi connectivity index (χ3v) is 4.20. The smallest absolute Gasteiger partial charge is 0.257 e. The summed E-state index contributed by atoms with van der Waals surface area (Å²) in [5.41, 5.74) is 1.77. The molecule has 0 aromatic heterocycles. The van der Waals surface area contributed by atoms with Crippen LogP contribution >= 0.6 is 0 Å². The van der Waals surface area contributed by atoms with Crippen LogP contribution in [0.15, 0.2) is 18.2 Å². The molecule has 1 fully saturated rings. The summed E-state index contributed by atoms with van der Waals surface area (Å²) >= 11 is 0. The first-order chi connectivity index (χ1) is 10.2. The average molecular weight is 290 g/mol. The molecule has 21 heavy (non-hydrogen) atoms. The second kappa shape index (κ2) is 7.46. The molecule has 1 amide bonds. The molecule has 1 aromatic rings. The first kappa shape index (κ1) is 15.8.